The number of nitrogens with one attached hydrogen (secondary N) is 1. The zero-order valence-electron chi connectivity index (χ0n) is 10.1. The summed E-state index contributed by atoms with van der Waals surface area (Å²) in [5.41, 5.74) is 7.34. The van der Waals surface area contributed by atoms with Crippen molar-refractivity contribution in [3.63, 3.8) is 0 Å². The van der Waals surface area contributed by atoms with Crippen LogP contribution in [0.1, 0.15) is 11.1 Å². The fourth-order valence-corrected chi connectivity index (χ4v) is 1.45. The number of carbonyl (C=O) groups is 1. The highest BCUT2D eigenvalue weighted by molar-refractivity contribution is 5.81. The van der Waals surface area contributed by atoms with Crippen LogP contribution in [0.5, 0.6) is 5.75 Å². The average molecular weight is 238 g/mol. The Morgan fingerprint density at radius 3 is 2.82 bits per heavy atom. The Hall–Kier alpha value is -1.59. The summed E-state index contributed by atoms with van der Waals surface area (Å²) in [5, 5.41) is 11.4. The lowest BCUT2D eigenvalue weighted by atomic mass is 10.1. The molecule has 1 rings (SSSR count). The first-order valence-electron chi connectivity index (χ1n) is 5.36. The van der Waals surface area contributed by atoms with Crippen molar-refractivity contribution in [2.75, 3.05) is 13.7 Å². The first-order chi connectivity index (χ1) is 8.08. The third-order valence-electron chi connectivity index (χ3n) is 2.46. The summed E-state index contributed by atoms with van der Waals surface area (Å²) in [6, 6.07) is 4.79. The number of hydrogen-bond donors (Lipinski definition) is 3. The van der Waals surface area contributed by atoms with Gasteiger partial charge in [0, 0.05) is 6.54 Å². The molecule has 1 amide bonds. The van der Waals surface area contributed by atoms with E-state index in [0.29, 0.717) is 6.54 Å². The minimum atomic E-state index is -0.866. The molecular formula is C12H18N2O3. The summed E-state index contributed by atoms with van der Waals surface area (Å²) in [6.07, 6.45) is 0. The van der Waals surface area contributed by atoms with E-state index < -0.39 is 6.04 Å². The maximum absolute atomic E-state index is 11.3. The van der Waals surface area contributed by atoms with Crippen molar-refractivity contribution in [2.45, 2.75) is 19.5 Å². The molecule has 0 fully saturated rings. The van der Waals surface area contributed by atoms with E-state index in [2.05, 4.69) is 5.32 Å². The van der Waals surface area contributed by atoms with E-state index in [4.69, 9.17) is 15.6 Å². The molecular weight excluding hydrogens is 220 g/mol. The number of rotatable bonds is 5. The van der Waals surface area contributed by atoms with E-state index in [1.54, 1.807) is 7.11 Å². The predicted molar refractivity (Wildman–Crippen MR) is 64.6 cm³/mol. The molecule has 1 atom stereocenters. The Labute approximate surface area is 101 Å². The lowest BCUT2D eigenvalue weighted by molar-refractivity contribution is -0.123. The highest BCUT2D eigenvalue weighted by Crippen LogP contribution is 2.18. The van der Waals surface area contributed by atoms with Crippen LogP contribution in [0, 0.1) is 6.92 Å². The molecule has 5 nitrogen and oxygen atoms in total. The van der Waals surface area contributed by atoms with Crippen molar-refractivity contribution in [1.29, 1.82) is 0 Å². The van der Waals surface area contributed by atoms with Gasteiger partial charge < -0.3 is 20.9 Å². The zero-order chi connectivity index (χ0) is 12.8. The van der Waals surface area contributed by atoms with Crippen LogP contribution < -0.4 is 15.8 Å². The molecule has 4 N–H and O–H groups in total. The van der Waals surface area contributed by atoms with Crippen LogP contribution in [0.3, 0.4) is 0 Å². The maximum atomic E-state index is 11.3. The number of carbonyl (C=O) groups excluding carboxylic acids is 1. The smallest absolute Gasteiger partial charge is 0.239 e. The Bertz CT molecular complexity index is 393. The molecule has 1 aromatic rings. The summed E-state index contributed by atoms with van der Waals surface area (Å²) in [6.45, 7) is 1.97. The Kier molecular flexibility index (Phi) is 4.93. The van der Waals surface area contributed by atoms with Gasteiger partial charge in [0.15, 0.2) is 0 Å². The molecule has 0 radical (unpaired) electrons. The fraction of sp³-hybridized carbons (Fsp3) is 0.417. The minimum absolute atomic E-state index is 0.354. The number of ether oxygens (including phenoxy) is 1. The standard InChI is InChI=1S/C12H18N2O3/c1-8-5-9(3-4-11(8)17-2)6-14-12(16)10(13)7-15/h3-5,10,15H,6-7,13H2,1-2H3,(H,14,16). The van der Waals surface area contributed by atoms with E-state index in [1.165, 1.54) is 0 Å². The second-order valence-corrected chi connectivity index (χ2v) is 3.81. The monoisotopic (exact) mass is 238 g/mol. The third kappa shape index (κ3) is 3.72. The van der Waals surface area contributed by atoms with E-state index in [1.807, 2.05) is 25.1 Å². The van der Waals surface area contributed by atoms with Crippen LogP contribution in [0.25, 0.3) is 0 Å². The number of amides is 1. The van der Waals surface area contributed by atoms with Gasteiger partial charge in [0.05, 0.1) is 13.7 Å². The van der Waals surface area contributed by atoms with Crippen LogP contribution >= 0.6 is 0 Å². The van der Waals surface area contributed by atoms with Gasteiger partial charge in [-0.3, -0.25) is 4.79 Å². The van der Waals surface area contributed by atoms with Gasteiger partial charge in [-0.05, 0) is 24.1 Å². The Morgan fingerprint density at radius 1 is 1.59 bits per heavy atom. The molecule has 0 aliphatic rings. The number of aryl methyl sites for hydroxylation is 1. The van der Waals surface area contributed by atoms with E-state index >= 15 is 0 Å². The second-order valence-electron chi connectivity index (χ2n) is 3.81. The summed E-state index contributed by atoms with van der Waals surface area (Å²) < 4.78 is 5.14. The van der Waals surface area contributed by atoms with Crippen molar-refractivity contribution in [3.05, 3.63) is 29.3 Å². The largest absolute Gasteiger partial charge is 0.496 e. The van der Waals surface area contributed by atoms with Gasteiger partial charge >= 0.3 is 0 Å². The summed E-state index contributed by atoms with van der Waals surface area (Å²) in [7, 11) is 1.62. The molecule has 5 heteroatoms. The number of hydrogen-bond acceptors (Lipinski definition) is 4. The summed E-state index contributed by atoms with van der Waals surface area (Å²) in [5.74, 6) is 0.452. The van der Waals surface area contributed by atoms with Crippen molar-refractivity contribution in [2.24, 2.45) is 5.73 Å². The normalized spacial score (nSPS) is 12.0. The van der Waals surface area contributed by atoms with Gasteiger partial charge in [0.25, 0.3) is 0 Å². The molecule has 1 aromatic carbocycles. The molecule has 0 aromatic heterocycles. The van der Waals surface area contributed by atoms with Crippen LogP contribution in [0.2, 0.25) is 0 Å². The van der Waals surface area contributed by atoms with Gasteiger partial charge in [-0.15, -0.1) is 0 Å². The lowest BCUT2D eigenvalue weighted by Crippen LogP contribution is -2.42. The highest BCUT2D eigenvalue weighted by Gasteiger charge is 2.11. The van der Waals surface area contributed by atoms with Crippen LogP contribution in [-0.2, 0) is 11.3 Å². The van der Waals surface area contributed by atoms with Crippen molar-refractivity contribution in [1.82, 2.24) is 5.32 Å². The number of aliphatic hydroxyl groups is 1. The molecule has 17 heavy (non-hydrogen) atoms. The lowest BCUT2D eigenvalue weighted by Gasteiger charge is -2.11. The molecule has 0 aliphatic carbocycles. The fourth-order valence-electron chi connectivity index (χ4n) is 1.45. The second kappa shape index (κ2) is 6.22. The number of nitrogens with two attached hydrogens (primary N) is 1. The van der Waals surface area contributed by atoms with Crippen molar-refractivity contribution < 1.29 is 14.6 Å². The third-order valence-corrected chi connectivity index (χ3v) is 2.46. The Morgan fingerprint density at radius 2 is 2.29 bits per heavy atom. The first-order valence-corrected chi connectivity index (χ1v) is 5.36. The van der Waals surface area contributed by atoms with Gasteiger partial charge in [-0.1, -0.05) is 12.1 Å². The molecule has 0 saturated heterocycles. The molecule has 0 aliphatic heterocycles. The van der Waals surface area contributed by atoms with E-state index in [9.17, 15) is 4.79 Å². The van der Waals surface area contributed by atoms with Crippen LogP contribution in [-0.4, -0.2) is 30.8 Å². The number of benzene rings is 1. The van der Waals surface area contributed by atoms with Gasteiger partial charge in [-0.25, -0.2) is 0 Å². The minimum Gasteiger partial charge on any atom is -0.496 e. The van der Waals surface area contributed by atoms with Crippen LogP contribution in [0.4, 0.5) is 0 Å². The van der Waals surface area contributed by atoms with E-state index in [-0.39, 0.29) is 12.5 Å². The molecule has 0 bridgehead atoms. The zero-order valence-corrected chi connectivity index (χ0v) is 10.1. The Balaban J connectivity index is 2.58. The van der Waals surface area contributed by atoms with Crippen molar-refractivity contribution in [3.8, 4) is 5.75 Å². The predicted octanol–water partition coefficient (Wildman–Crippen LogP) is -0.0606. The topological polar surface area (TPSA) is 84.6 Å². The van der Waals surface area contributed by atoms with Gasteiger partial charge in [0.1, 0.15) is 11.8 Å². The van der Waals surface area contributed by atoms with Crippen LogP contribution in [0.15, 0.2) is 18.2 Å². The summed E-state index contributed by atoms with van der Waals surface area (Å²) >= 11 is 0. The van der Waals surface area contributed by atoms with E-state index in [0.717, 1.165) is 16.9 Å². The molecule has 0 saturated carbocycles. The van der Waals surface area contributed by atoms with Gasteiger partial charge in [0.2, 0.25) is 5.91 Å². The number of aliphatic hydroxyl groups excluding tert-OH is 1. The average Bonchev–Trinajstić information content (AvgIpc) is 2.35. The number of methoxy groups -OCH3 is 1. The quantitative estimate of drug-likeness (QED) is 0.671. The molecule has 0 spiro atoms. The first kappa shape index (κ1) is 13.5. The van der Waals surface area contributed by atoms with Crippen molar-refractivity contribution >= 4 is 5.91 Å². The van der Waals surface area contributed by atoms with Gasteiger partial charge in [-0.2, -0.15) is 0 Å². The maximum Gasteiger partial charge on any atom is 0.239 e. The SMILES string of the molecule is COc1ccc(CNC(=O)C(N)CO)cc1C. The molecule has 94 valence electrons. The molecule has 0 heterocycles. The summed E-state index contributed by atoms with van der Waals surface area (Å²) in [4.78, 5) is 11.3. The highest BCUT2D eigenvalue weighted by atomic mass is 16.5. The molecule has 1 unspecified atom stereocenters.